The zero-order chi connectivity index (χ0) is 7.07. The van der Waals surface area contributed by atoms with Crippen molar-refractivity contribution in [1.29, 1.82) is 0 Å². The van der Waals surface area contributed by atoms with Crippen LogP contribution < -0.4 is 0 Å². The predicted molar refractivity (Wildman–Crippen MR) is 58.6 cm³/mol. The predicted octanol–water partition coefficient (Wildman–Crippen LogP) is 3.90. The van der Waals surface area contributed by atoms with E-state index in [1.165, 1.54) is 0 Å². The summed E-state index contributed by atoms with van der Waals surface area (Å²) < 4.78 is 0. The van der Waals surface area contributed by atoms with Crippen molar-refractivity contribution in [3.8, 4) is 0 Å². The molecule has 0 unspecified atom stereocenters. The topological polar surface area (TPSA) is 0 Å². The smallest absolute Gasteiger partial charge is 0.00506 e. The molecular formula is C12H18Ti. The third kappa shape index (κ3) is 11.7. The number of hydrogen-bond acceptors (Lipinski definition) is 0. The van der Waals surface area contributed by atoms with Crippen molar-refractivity contribution in [2.24, 2.45) is 0 Å². The van der Waals surface area contributed by atoms with E-state index in [4.69, 9.17) is 0 Å². The van der Waals surface area contributed by atoms with Crippen LogP contribution in [-0.2, 0) is 21.7 Å². The third-order valence-corrected chi connectivity index (χ3v) is 1.11. The summed E-state index contributed by atoms with van der Waals surface area (Å²) in [6.45, 7) is 0. The summed E-state index contributed by atoms with van der Waals surface area (Å²) >= 11 is 0. The Morgan fingerprint density at radius 2 is 0.615 bits per heavy atom. The summed E-state index contributed by atoms with van der Waals surface area (Å²) in [6.07, 6.45) is 20.0. The van der Waals surface area contributed by atoms with E-state index < -0.39 is 0 Å². The maximum atomic E-state index is 2.00. The molecule has 0 nitrogen and oxygen atoms in total. The van der Waals surface area contributed by atoms with Crippen LogP contribution in [0.15, 0.2) is 48.6 Å². The molecule has 2 rings (SSSR count). The molecule has 0 amide bonds. The second kappa shape index (κ2) is 14.2. The normalized spacial score (nSPS) is 13.5. The van der Waals surface area contributed by atoms with Gasteiger partial charge in [0.15, 0.2) is 0 Å². The van der Waals surface area contributed by atoms with Crippen LogP contribution in [0.5, 0.6) is 0 Å². The second-order valence-corrected chi connectivity index (χ2v) is 1.92. The Morgan fingerprint density at radius 1 is 0.385 bits per heavy atom. The van der Waals surface area contributed by atoms with E-state index in [0.29, 0.717) is 0 Å². The van der Waals surface area contributed by atoms with Gasteiger partial charge in [-0.15, -0.1) is 0 Å². The third-order valence-electron chi connectivity index (χ3n) is 1.11. The Balaban J connectivity index is -0.000000125. The first-order valence-electron chi connectivity index (χ1n) is 3.33. The first kappa shape index (κ1) is 18.5. The van der Waals surface area contributed by atoms with Gasteiger partial charge in [-0.05, 0) is 0 Å². The molecule has 0 saturated carbocycles. The van der Waals surface area contributed by atoms with E-state index in [9.17, 15) is 0 Å². The molecule has 13 heavy (non-hydrogen) atoms. The first-order chi connectivity index (χ1) is 5.00. The summed E-state index contributed by atoms with van der Waals surface area (Å²) in [5.74, 6) is 0. The molecule has 0 atom stereocenters. The van der Waals surface area contributed by atoms with Crippen LogP contribution in [0, 0.1) is 12.8 Å². The van der Waals surface area contributed by atoms with Gasteiger partial charge in [0, 0.05) is 34.6 Å². The molecule has 0 aromatic carbocycles. The van der Waals surface area contributed by atoms with Crippen LogP contribution in [-0.4, -0.2) is 0 Å². The van der Waals surface area contributed by atoms with Crippen LogP contribution >= 0.6 is 0 Å². The summed E-state index contributed by atoms with van der Waals surface area (Å²) in [4.78, 5) is 0. The molecule has 70 valence electrons. The zero-order valence-electron chi connectivity index (χ0n) is 6.27. The summed E-state index contributed by atoms with van der Waals surface area (Å²) in [6, 6.07) is 0. The van der Waals surface area contributed by atoms with Gasteiger partial charge in [-0.3, -0.25) is 0 Å². The van der Waals surface area contributed by atoms with Gasteiger partial charge in [0.25, 0.3) is 0 Å². The molecule has 0 heterocycles. The van der Waals surface area contributed by atoms with Gasteiger partial charge in [0.1, 0.15) is 0 Å². The summed E-state index contributed by atoms with van der Waals surface area (Å²) in [5.41, 5.74) is 0. The van der Waals surface area contributed by atoms with Crippen LogP contribution in [0.3, 0.4) is 0 Å². The van der Waals surface area contributed by atoms with E-state index in [1.54, 1.807) is 0 Å². The quantitative estimate of drug-likeness (QED) is 0.532. The number of allylic oxidation sites excluding steroid dienone is 8. The zero-order valence-corrected chi connectivity index (χ0v) is 7.84. The van der Waals surface area contributed by atoms with Gasteiger partial charge >= 0.3 is 0 Å². The minimum atomic E-state index is 0. The van der Waals surface area contributed by atoms with Crippen molar-refractivity contribution in [1.82, 2.24) is 0 Å². The van der Waals surface area contributed by atoms with Gasteiger partial charge in [-0.2, -0.15) is 0 Å². The molecular weight excluding hydrogens is 192 g/mol. The van der Waals surface area contributed by atoms with E-state index in [1.807, 2.05) is 61.4 Å². The minimum Gasteiger partial charge on any atom is -0.0776 e. The second-order valence-electron chi connectivity index (χ2n) is 1.92. The van der Waals surface area contributed by atoms with Gasteiger partial charge in [0.05, 0.1) is 0 Å². The van der Waals surface area contributed by atoms with Crippen molar-refractivity contribution >= 4 is 0 Å². The monoisotopic (exact) mass is 210 g/mol. The van der Waals surface area contributed by atoms with Gasteiger partial charge in [-0.1, -0.05) is 63.5 Å². The molecule has 0 bridgehead atoms. The number of hydrogen-bond donors (Lipinski definition) is 0. The molecule has 0 N–H and O–H groups in total. The van der Waals surface area contributed by atoms with Gasteiger partial charge < -0.3 is 0 Å². The average molecular weight is 210 g/mol. The molecule has 0 aliphatic heterocycles. The summed E-state index contributed by atoms with van der Waals surface area (Å²) in [7, 11) is 0. The Bertz CT molecular complexity index is 143. The largest absolute Gasteiger partial charge is 0.0776 e. The Morgan fingerprint density at radius 3 is 0.692 bits per heavy atom. The SMILES string of the molecule is C.C.[CH]1C=CC=C1.[CH]1C=CC=C1.[Ti]. The summed E-state index contributed by atoms with van der Waals surface area (Å²) in [5, 5.41) is 0. The molecule has 2 aliphatic rings. The Hall–Kier alpha value is -0.326. The first-order valence-corrected chi connectivity index (χ1v) is 3.33. The Kier molecular flexibility index (Phi) is 20.2. The standard InChI is InChI=1S/2C5H5.2CH4.Ti/c2*1-2-4-5-3-1;;;/h2*1-5H;2*1H4;. The van der Waals surface area contributed by atoms with Crippen LogP contribution in [0.2, 0.25) is 0 Å². The van der Waals surface area contributed by atoms with Gasteiger partial charge in [-0.25, -0.2) is 0 Å². The van der Waals surface area contributed by atoms with Crippen molar-refractivity contribution in [2.45, 2.75) is 14.9 Å². The van der Waals surface area contributed by atoms with Crippen molar-refractivity contribution in [3.63, 3.8) is 0 Å². The Labute approximate surface area is 98.0 Å². The van der Waals surface area contributed by atoms with E-state index in [0.717, 1.165) is 0 Å². The molecule has 0 fully saturated rings. The fourth-order valence-electron chi connectivity index (χ4n) is 0.642. The fraction of sp³-hybridized carbons (Fsp3) is 0.167. The van der Waals surface area contributed by atoms with Gasteiger partial charge in [0.2, 0.25) is 0 Å². The molecule has 1 heteroatoms. The van der Waals surface area contributed by atoms with Crippen LogP contribution in [0.1, 0.15) is 14.9 Å². The molecule has 0 saturated heterocycles. The average Bonchev–Trinajstić information content (AvgIpc) is 2.67. The molecule has 2 aliphatic carbocycles. The molecule has 0 spiro atoms. The molecule has 0 aromatic rings. The molecule has 2 radical (unpaired) electrons. The number of rotatable bonds is 0. The van der Waals surface area contributed by atoms with Crippen molar-refractivity contribution in [2.75, 3.05) is 0 Å². The minimum absolute atomic E-state index is 0. The van der Waals surface area contributed by atoms with Crippen LogP contribution in [0.4, 0.5) is 0 Å². The maximum absolute atomic E-state index is 2.00. The van der Waals surface area contributed by atoms with E-state index in [2.05, 4.69) is 0 Å². The fourth-order valence-corrected chi connectivity index (χ4v) is 0.642. The maximum Gasteiger partial charge on any atom is 0.00506 e. The van der Waals surface area contributed by atoms with Crippen molar-refractivity contribution < 1.29 is 21.7 Å². The van der Waals surface area contributed by atoms with E-state index >= 15 is 0 Å². The van der Waals surface area contributed by atoms with Crippen molar-refractivity contribution in [3.05, 3.63) is 61.4 Å². The van der Waals surface area contributed by atoms with Crippen LogP contribution in [0.25, 0.3) is 0 Å². The van der Waals surface area contributed by atoms with E-state index in [-0.39, 0.29) is 36.6 Å². The molecule has 0 aromatic heterocycles.